The minimum atomic E-state index is -3.77. The molecule has 0 saturated heterocycles. The number of carbonyl (C=O) groups excluding carboxylic acids is 2. The second-order valence-electron chi connectivity index (χ2n) is 12.0. The number of rotatable bonds is 9. The van der Waals surface area contributed by atoms with Crippen molar-refractivity contribution in [2.24, 2.45) is 0 Å². The summed E-state index contributed by atoms with van der Waals surface area (Å²) < 4.78 is 39.3. The van der Waals surface area contributed by atoms with Crippen LogP contribution in [0.4, 0.5) is 11.4 Å². The zero-order valence-electron chi connectivity index (χ0n) is 28.5. The third kappa shape index (κ3) is 7.34. The molecule has 2 heterocycles. The molecule has 0 fully saturated rings. The number of nitrogens with two attached hydrogens (primary N) is 1. The van der Waals surface area contributed by atoms with Gasteiger partial charge in [0.15, 0.2) is 11.6 Å². The van der Waals surface area contributed by atoms with Crippen molar-refractivity contribution in [3.8, 4) is 0 Å². The summed E-state index contributed by atoms with van der Waals surface area (Å²) in [6.07, 6.45) is 1.20. The van der Waals surface area contributed by atoms with Crippen LogP contribution in [-0.2, 0) is 22.9 Å². The maximum absolute atomic E-state index is 13.3. The molecule has 0 saturated carbocycles. The molecule has 0 radical (unpaired) electrons. The number of furan rings is 2. The van der Waals surface area contributed by atoms with Gasteiger partial charge < -0.3 is 14.6 Å². The van der Waals surface area contributed by atoms with Crippen molar-refractivity contribution in [1.82, 2.24) is 0 Å². The molecule has 2 aromatic heterocycles. The minimum absolute atomic E-state index is 0.137. The summed E-state index contributed by atoms with van der Waals surface area (Å²) in [5, 5.41) is 2.05. The maximum Gasteiger partial charge on any atom is 0.261 e. The van der Waals surface area contributed by atoms with Crippen LogP contribution in [0.2, 0.25) is 10.0 Å². The fraction of sp³-hybridized carbons (Fsp3) is 0.122. The number of nitrogen functional groups attached to an aromatic ring is 1. The Morgan fingerprint density at radius 2 is 1.15 bits per heavy atom. The SMILES string of the molecule is CCc1oc2ccccc2c1C(=O)c1ccc(N)cc1Cl.CCc1oc2ccccc2c1C(=O)c1ccc(NS(=O)(=O)c2ccc(C)cc2)cc1Cl. The van der Waals surface area contributed by atoms with Gasteiger partial charge in [-0.1, -0.05) is 91.1 Å². The predicted molar refractivity (Wildman–Crippen MR) is 207 cm³/mol. The molecule has 0 aliphatic rings. The van der Waals surface area contributed by atoms with E-state index < -0.39 is 10.0 Å². The summed E-state index contributed by atoms with van der Waals surface area (Å²) >= 11 is 12.6. The quantitative estimate of drug-likeness (QED) is 0.111. The van der Waals surface area contributed by atoms with Crippen molar-refractivity contribution in [3.05, 3.63) is 159 Å². The van der Waals surface area contributed by atoms with Crippen LogP contribution in [0, 0.1) is 6.92 Å². The van der Waals surface area contributed by atoms with Gasteiger partial charge in [-0.25, -0.2) is 8.42 Å². The Morgan fingerprint density at radius 1 is 0.673 bits per heavy atom. The topological polar surface area (TPSA) is 133 Å². The lowest BCUT2D eigenvalue weighted by Crippen LogP contribution is -2.13. The van der Waals surface area contributed by atoms with Crippen LogP contribution in [-0.4, -0.2) is 20.0 Å². The third-order valence-electron chi connectivity index (χ3n) is 8.47. The number of halogens is 2. The highest BCUT2D eigenvalue weighted by Gasteiger charge is 2.24. The van der Waals surface area contributed by atoms with E-state index in [4.69, 9.17) is 37.8 Å². The molecule has 0 spiro atoms. The number of hydrogen-bond donors (Lipinski definition) is 2. The highest BCUT2D eigenvalue weighted by Crippen LogP contribution is 2.33. The predicted octanol–water partition coefficient (Wildman–Crippen LogP) is 10.5. The molecule has 0 atom stereocenters. The summed E-state index contributed by atoms with van der Waals surface area (Å²) in [6.45, 7) is 5.75. The number of anilines is 2. The Labute approximate surface area is 311 Å². The van der Waals surface area contributed by atoms with Crippen LogP contribution in [0.1, 0.15) is 62.8 Å². The van der Waals surface area contributed by atoms with Crippen LogP contribution < -0.4 is 10.5 Å². The number of sulfonamides is 1. The van der Waals surface area contributed by atoms with Gasteiger partial charge in [-0.05, 0) is 67.6 Å². The van der Waals surface area contributed by atoms with Crippen LogP contribution in [0.15, 0.2) is 123 Å². The van der Waals surface area contributed by atoms with E-state index >= 15 is 0 Å². The first-order valence-corrected chi connectivity index (χ1v) is 18.7. The van der Waals surface area contributed by atoms with Gasteiger partial charge in [-0.2, -0.15) is 0 Å². The molecule has 3 N–H and O–H groups in total. The van der Waals surface area contributed by atoms with Crippen molar-refractivity contribution in [3.63, 3.8) is 0 Å². The molecule has 0 bridgehead atoms. The van der Waals surface area contributed by atoms with Gasteiger partial charge in [0.25, 0.3) is 10.0 Å². The smallest absolute Gasteiger partial charge is 0.261 e. The van der Waals surface area contributed by atoms with Crippen molar-refractivity contribution in [2.45, 2.75) is 38.5 Å². The summed E-state index contributed by atoms with van der Waals surface area (Å²) in [6, 6.07) is 30.8. The van der Waals surface area contributed by atoms with Crippen LogP contribution in [0.25, 0.3) is 21.9 Å². The third-order valence-corrected chi connectivity index (χ3v) is 10.5. The number of hydrogen-bond acceptors (Lipinski definition) is 7. The number of fused-ring (bicyclic) bond motifs is 2. The van der Waals surface area contributed by atoms with Gasteiger partial charge in [0, 0.05) is 40.4 Å². The molecule has 8 nitrogen and oxygen atoms in total. The number of para-hydroxylation sites is 2. The molecule has 264 valence electrons. The molecular formula is C41H34Cl2N2O6S. The Balaban J connectivity index is 0.000000192. The average molecular weight is 754 g/mol. The Kier molecular flexibility index (Phi) is 10.6. The monoisotopic (exact) mass is 752 g/mol. The molecule has 0 aliphatic heterocycles. The average Bonchev–Trinajstić information content (AvgIpc) is 3.70. The normalized spacial score (nSPS) is 11.3. The first kappa shape index (κ1) is 36.4. The van der Waals surface area contributed by atoms with E-state index in [2.05, 4.69) is 4.72 Å². The summed E-state index contributed by atoms with van der Waals surface area (Å²) in [5.41, 5.74) is 10.6. The number of carbonyl (C=O) groups is 2. The number of aryl methyl sites for hydroxylation is 3. The van der Waals surface area contributed by atoms with E-state index in [9.17, 15) is 18.0 Å². The highest BCUT2D eigenvalue weighted by molar-refractivity contribution is 7.92. The lowest BCUT2D eigenvalue weighted by molar-refractivity contribution is 0.103. The van der Waals surface area contributed by atoms with Gasteiger partial charge in [0.05, 0.1) is 31.8 Å². The molecule has 0 unspecified atom stereocenters. The molecular weight excluding hydrogens is 719 g/mol. The van der Waals surface area contributed by atoms with E-state index in [1.165, 1.54) is 30.3 Å². The maximum atomic E-state index is 13.3. The van der Waals surface area contributed by atoms with Gasteiger partial charge in [-0.3, -0.25) is 14.3 Å². The van der Waals surface area contributed by atoms with Crippen molar-refractivity contribution < 1.29 is 26.8 Å². The van der Waals surface area contributed by atoms with E-state index in [-0.39, 0.29) is 32.7 Å². The second kappa shape index (κ2) is 15.1. The first-order chi connectivity index (χ1) is 24.9. The summed E-state index contributed by atoms with van der Waals surface area (Å²) in [5.74, 6) is 0.863. The zero-order chi connectivity index (χ0) is 37.2. The van der Waals surface area contributed by atoms with Crippen molar-refractivity contribution >= 4 is 78.1 Å². The number of benzene rings is 5. The molecule has 7 rings (SSSR count). The van der Waals surface area contributed by atoms with Crippen molar-refractivity contribution in [2.75, 3.05) is 10.5 Å². The Morgan fingerprint density at radius 3 is 1.63 bits per heavy atom. The first-order valence-electron chi connectivity index (χ1n) is 16.5. The lowest BCUT2D eigenvalue weighted by atomic mass is 9.99. The second-order valence-corrected chi connectivity index (χ2v) is 14.5. The summed E-state index contributed by atoms with van der Waals surface area (Å²) in [7, 11) is -3.77. The summed E-state index contributed by atoms with van der Waals surface area (Å²) in [4.78, 5) is 26.3. The van der Waals surface area contributed by atoms with E-state index in [1.807, 2.05) is 69.3 Å². The number of nitrogens with one attached hydrogen (secondary N) is 1. The van der Waals surface area contributed by atoms with Gasteiger partial charge in [0.1, 0.15) is 22.7 Å². The highest BCUT2D eigenvalue weighted by atomic mass is 35.5. The van der Waals surface area contributed by atoms with Crippen molar-refractivity contribution in [1.29, 1.82) is 0 Å². The fourth-order valence-corrected chi connectivity index (χ4v) is 7.46. The van der Waals surface area contributed by atoms with E-state index in [1.54, 1.807) is 30.3 Å². The Bertz CT molecular complexity index is 2570. The van der Waals surface area contributed by atoms with E-state index in [0.717, 1.165) is 16.3 Å². The van der Waals surface area contributed by atoms with Gasteiger partial charge >= 0.3 is 0 Å². The fourth-order valence-electron chi connectivity index (χ4n) is 5.87. The molecule has 0 amide bonds. The number of ketones is 2. The van der Waals surface area contributed by atoms with Crippen LogP contribution in [0.5, 0.6) is 0 Å². The lowest BCUT2D eigenvalue weighted by Gasteiger charge is -2.10. The zero-order valence-corrected chi connectivity index (χ0v) is 30.8. The van der Waals surface area contributed by atoms with Gasteiger partial charge in [0.2, 0.25) is 0 Å². The molecule has 5 aromatic carbocycles. The minimum Gasteiger partial charge on any atom is -0.460 e. The molecule has 7 aromatic rings. The molecule has 52 heavy (non-hydrogen) atoms. The molecule has 0 aliphatic carbocycles. The molecule has 11 heteroatoms. The Hall–Kier alpha value is -5.35. The van der Waals surface area contributed by atoms with Gasteiger partial charge in [-0.15, -0.1) is 0 Å². The van der Waals surface area contributed by atoms with E-state index in [0.29, 0.717) is 62.9 Å². The van der Waals surface area contributed by atoms with Crippen LogP contribution in [0.3, 0.4) is 0 Å². The standard InChI is InChI=1S/C24H20ClNO4S.C17H14ClNO2/c1-3-21-23(19-6-4-5-7-22(19)30-21)24(27)18-13-10-16(14-20(18)25)26-31(28,29)17-11-8-15(2)9-12-17;1-2-14-16(12-5-3-4-6-15(12)21-14)17(20)11-8-7-10(19)9-13(11)18/h4-14,26H,3H2,1-2H3;3-9H,2,19H2,1H3. The van der Waals surface area contributed by atoms with Crippen LogP contribution >= 0.6 is 23.2 Å². The largest absolute Gasteiger partial charge is 0.460 e.